The highest BCUT2D eigenvalue weighted by atomic mass is 16.5. The first kappa shape index (κ1) is 38.2. The van der Waals surface area contributed by atoms with Crippen LogP contribution in [-0.2, 0) is 19.1 Å². The Bertz CT molecular complexity index is 2710. The molecule has 2 fully saturated rings. The molecule has 2 aliphatic rings. The van der Waals surface area contributed by atoms with E-state index in [0.717, 1.165) is 46.9 Å². The third-order valence-corrected chi connectivity index (χ3v) is 11.3. The number of alkyl carbamates (subject to hydrolysis) is 1. The first-order chi connectivity index (χ1) is 29.2. The number of H-pyrrole nitrogens is 2. The van der Waals surface area contributed by atoms with Crippen molar-refractivity contribution in [3.8, 4) is 22.8 Å². The number of fused-ring (bicyclic) bond motifs is 2. The average Bonchev–Trinajstić information content (AvgIpc) is 4.13. The molecule has 0 saturated carbocycles. The Balaban J connectivity index is 0.955. The molecule has 3 aromatic heterocycles. The third kappa shape index (κ3) is 7.33. The fourth-order valence-corrected chi connectivity index (χ4v) is 8.46. The first-order valence-electron chi connectivity index (χ1n) is 20.0. The van der Waals surface area contributed by atoms with Gasteiger partial charge in [0.15, 0.2) is 5.76 Å². The molecule has 0 radical (unpaired) electrons. The normalized spacial score (nSPS) is 17.5. The minimum atomic E-state index is -0.923. The molecular formula is C45H43N9O6. The number of ether oxygens (including phenoxy) is 1. The Morgan fingerprint density at radius 3 is 2.00 bits per heavy atom. The number of likely N-dealkylation sites (tertiary alicyclic amines) is 2. The number of hydrogen-bond acceptors (Lipinski definition) is 9. The van der Waals surface area contributed by atoms with Crippen LogP contribution in [0.3, 0.4) is 0 Å². The summed E-state index contributed by atoms with van der Waals surface area (Å²) < 4.78 is 11.2. The van der Waals surface area contributed by atoms with Crippen molar-refractivity contribution in [3.63, 3.8) is 0 Å². The van der Waals surface area contributed by atoms with Crippen LogP contribution in [0.1, 0.15) is 79.6 Å². The Labute approximate surface area is 344 Å². The van der Waals surface area contributed by atoms with E-state index in [1.807, 2.05) is 89.8 Å². The second kappa shape index (κ2) is 16.2. The van der Waals surface area contributed by atoms with Gasteiger partial charge < -0.3 is 39.6 Å². The first-order valence-corrected chi connectivity index (χ1v) is 20.0. The van der Waals surface area contributed by atoms with Gasteiger partial charge in [-0.25, -0.2) is 19.7 Å². The number of para-hydroxylation sites is 1. The van der Waals surface area contributed by atoms with E-state index in [2.05, 4.69) is 25.6 Å². The number of hydrogen-bond donors (Lipinski definition) is 4. The largest absolute Gasteiger partial charge is 0.453 e. The van der Waals surface area contributed by atoms with Crippen LogP contribution >= 0.6 is 0 Å². The van der Waals surface area contributed by atoms with E-state index < -0.39 is 18.2 Å². The molecule has 15 nitrogen and oxygen atoms in total. The number of benzene rings is 4. The number of amides is 4. The molecule has 9 rings (SSSR count). The van der Waals surface area contributed by atoms with E-state index in [1.54, 1.807) is 23.2 Å². The molecule has 4 N–H and O–H groups in total. The van der Waals surface area contributed by atoms with Gasteiger partial charge in [0.2, 0.25) is 17.7 Å². The Morgan fingerprint density at radius 2 is 1.37 bits per heavy atom. The van der Waals surface area contributed by atoms with E-state index in [9.17, 15) is 19.2 Å². The summed E-state index contributed by atoms with van der Waals surface area (Å²) in [6, 6.07) is 27.6. The SMILES string of the molecule is COC(=O)N[C@@H](C(=O)N1CCC[C@H]1c1nc2c(-c3ncc(-c4ccc5nc([C@@H]6CCCN6C(=O)[C@H](NC(C)=O)c6ccccc6)[nH]c5c4)o3)cccc2[nH]1)c1ccccc1. The lowest BCUT2D eigenvalue weighted by Gasteiger charge is -2.28. The van der Waals surface area contributed by atoms with Crippen molar-refractivity contribution in [1.29, 1.82) is 0 Å². The summed E-state index contributed by atoms with van der Waals surface area (Å²) in [6.45, 7) is 2.48. The van der Waals surface area contributed by atoms with Gasteiger partial charge in [-0.2, -0.15) is 0 Å². The van der Waals surface area contributed by atoms with Gasteiger partial charge in [0, 0.05) is 25.6 Å². The van der Waals surface area contributed by atoms with Crippen molar-refractivity contribution >= 4 is 45.9 Å². The minimum Gasteiger partial charge on any atom is -0.453 e. The van der Waals surface area contributed by atoms with Crippen molar-refractivity contribution < 1.29 is 28.3 Å². The number of carbonyl (C=O) groups excluding carboxylic acids is 4. The highest BCUT2D eigenvalue weighted by Crippen LogP contribution is 2.38. The van der Waals surface area contributed by atoms with Crippen molar-refractivity contribution in [2.24, 2.45) is 0 Å². The fourth-order valence-electron chi connectivity index (χ4n) is 8.46. The van der Waals surface area contributed by atoms with Crippen LogP contribution in [0.2, 0.25) is 0 Å². The summed E-state index contributed by atoms with van der Waals surface area (Å²) >= 11 is 0. The Morgan fingerprint density at radius 1 is 0.750 bits per heavy atom. The summed E-state index contributed by atoms with van der Waals surface area (Å²) in [5, 5.41) is 5.56. The van der Waals surface area contributed by atoms with Gasteiger partial charge in [0.05, 0.1) is 47.5 Å². The third-order valence-electron chi connectivity index (χ3n) is 11.3. The molecule has 0 spiro atoms. The molecule has 5 heterocycles. The minimum absolute atomic E-state index is 0.174. The standard InChI is InChI=1S/C45H43N9O6/c1-26(55)47-37(27-12-5-3-6-13-27)43(56)53-22-10-18-34(53)40-48-31-21-20-29(24-33(31)50-40)36-25-46-42(60-36)30-16-9-17-32-39(30)51-41(49-32)35-19-11-23-54(35)44(57)38(52-45(58)59-2)28-14-7-4-8-15-28/h3-9,12-17,20-21,24-25,34-35,37-38H,10-11,18-19,22-23H2,1-2H3,(H,47,55)(H,48,50)(H,49,51)(H,52,58)/t34-,35-,37+,38+/m0/s1. The fraction of sp³-hybridized carbons (Fsp3) is 0.267. The number of aromatic nitrogens is 5. The smallest absolute Gasteiger partial charge is 0.407 e. The molecule has 2 saturated heterocycles. The average molecular weight is 806 g/mol. The number of aromatic amines is 2. The lowest BCUT2D eigenvalue weighted by Crippen LogP contribution is -2.42. The van der Waals surface area contributed by atoms with Crippen LogP contribution in [0.25, 0.3) is 44.8 Å². The lowest BCUT2D eigenvalue weighted by atomic mass is 10.0. The summed E-state index contributed by atoms with van der Waals surface area (Å²) in [5.74, 6) is 1.55. The summed E-state index contributed by atoms with van der Waals surface area (Å²) in [6.07, 6.45) is 4.01. The molecule has 60 heavy (non-hydrogen) atoms. The topological polar surface area (TPSA) is 191 Å². The van der Waals surface area contributed by atoms with E-state index >= 15 is 0 Å². The molecule has 15 heteroatoms. The number of rotatable bonds is 10. The maximum atomic E-state index is 14.1. The van der Waals surface area contributed by atoms with E-state index in [1.165, 1.54) is 14.0 Å². The molecule has 304 valence electrons. The van der Waals surface area contributed by atoms with Gasteiger partial charge in [-0.05, 0) is 67.1 Å². The molecule has 7 aromatic rings. The molecule has 4 aromatic carbocycles. The number of nitrogens with one attached hydrogen (secondary N) is 4. The maximum Gasteiger partial charge on any atom is 0.407 e. The van der Waals surface area contributed by atoms with Gasteiger partial charge >= 0.3 is 6.09 Å². The molecule has 4 amide bonds. The van der Waals surface area contributed by atoms with Crippen LogP contribution in [0.4, 0.5) is 4.79 Å². The summed E-state index contributed by atoms with van der Waals surface area (Å²) in [7, 11) is 1.27. The van der Waals surface area contributed by atoms with Crippen molar-refractivity contribution in [2.75, 3.05) is 20.2 Å². The Hall–Kier alpha value is -7.29. The van der Waals surface area contributed by atoms with E-state index in [0.29, 0.717) is 59.5 Å². The van der Waals surface area contributed by atoms with Crippen LogP contribution in [0.15, 0.2) is 108 Å². The molecule has 4 atom stereocenters. The molecule has 0 unspecified atom stereocenters. The zero-order valence-corrected chi connectivity index (χ0v) is 33.1. The van der Waals surface area contributed by atoms with E-state index in [-0.39, 0.29) is 29.8 Å². The second-order valence-electron chi connectivity index (χ2n) is 15.1. The van der Waals surface area contributed by atoms with Gasteiger partial charge in [0.1, 0.15) is 29.2 Å². The lowest BCUT2D eigenvalue weighted by molar-refractivity contribution is -0.137. The number of imidazole rings is 2. The molecular weight excluding hydrogens is 763 g/mol. The molecule has 0 aliphatic carbocycles. The summed E-state index contributed by atoms with van der Waals surface area (Å²) in [5.41, 5.74) is 5.82. The highest BCUT2D eigenvalue weighted by molar-refractivity contribution is 5.91. The molecule has 2 aliphatic heterocycles. The maximum absolute atomic E-state index is 14.1. The quantitative estimate of drug-likeness (QED) is 0.112. The number of nitrogens with zero attached hydrogens (tertiary/aromatic N) is 5. The number of carbonyl (C=O) groups is 4. The van der Waals surface area contributed by atoms with Crippen LogP contribution < -0.4 is 10.6 Å². The monoisotopic (exact) mass is 805 g/mol. The summed E-state index contributed by atoms with van der Waals surface area (Å²) in [4.78, 5) is 77.5. The number of methoxy groups -OCH3 is 1. The van der Waals surface area contributed by atoms with Gasteiger partial charge in [0.25, 0.3) is 5.91 Å². The van der Waals surface area contributed by atoms with Gasteiger partial charge in [-0.1, -0.05) is 66.7 Å². The van der Waals surface area contributed by atoms with Crippen LogP contribution in [0, 0.1) is 0 Å². The van der Waals surface area contributed by atoms with E-state index in [4.69, 9.17) is 19.1 Å². The van der Waals surface area contributed by atoms with Gasteiger partial charge in [-0.15, -0.1) is 0 Å². The van der Waals surface area contributed by atoms with Crippen LogP contribution in [-0.4, -0.2) is 78.7 Å². The number of oxazole rings is 1. The predicted molar refractivity (Wildman–Crippen MR) is 222 cm³/mol. The van der Waals surface area contributed by atoms with Crippen molar-refractivity contribution in [3.05, 3.63) is 126 Å². The molecule has 0 bridgehead atoms. The van der Waals surface area contributed by atoms with Crippen molar-refractivity contribution in [2.45, 2.75) is 56.8 Å². The zero-order valence-electron chi connectivity index (χ0n) is 33.1. The highest BCUT2D eigenvalue weighted by Gasteiger charge is 2.38. The van der Waals surface area contributed by atoms with Crippen LogP contribution in [0.5, 0.6) is 0 Å². The Kier molecular flexibility index (Phi) is 10.3. The zero-order chi connectivity index (χ0) is 41.3. The van der Waals surface area contributed by atoms with Crippen molar-refractivity contribution in [1.82, 2.24) is 45.4 Å². The van der Waals surface area contributed by atoms with Gasteiger partial charge in [-0.3, -0.25) is 14.4 Å². The second-order valence-corrected chi connectivity index (χ2v) is 15.1. The predicted octanol–water partition coefficient (Wildman–Crippen LogP) is 7.06.